The molecule has 1 unspecified atom stereocenters. The molecule has 122 valence electrons. The number of guanidine groups is 1. The Hall–Kier alpha value is -1.26. The second-order valence-electron chi connectivity index (χ2n) is 5.81. The van der Waals surface area contributed by atoms with Gasteiger partial charge in [0.25, 0.3) is 0 Å². The summed E-state index contributed by atoms with van der Waals surface area (Å²) in [4.78, 5) is 6.79. The SMILES string of the molecule is CCN1CCC(CNC(=NC)NCCc2cccc(Cl)c2)C1. The van der Waals surface area contributed by atoms with Crippen LogP contribution < -0.4 is 10.6 Å². The van der Waals surface area contributed by atoms with E-state index >= 15 is 0 Å². The van der Waals surface area contributed by atoms with Crippen LogP contribution in [0.15, 0.2) is 29.3 Å². The molecule has 0 aromatic heterocycles. The minimum Gasteiger partial charge on any atom is -0.356 e. The maximum atomic E-state index is 6.00. The van der Waals surface area contributed by atoms with Gasteiger partial charge in [0.05, 0.1) is 0 Å². The average molecular weight is 323 g/mol. The van der Waals surface area contributed by atoms with Crippen molar-refractivity contribution in [1.29, 1.82) is 0 Å². The Labute approximate surface area is 138 Å². The molecule has 5 heteroatoms. The normalized spacial score (nSPS) is 19.4. The van der Waals surface area contributed by atoms with Crippen LogP contribution in [0.2, 0.25) is 5.02 Å². The van der Waals surface area contributed by atoms with Crippen LogP contribution in [0, 0.1) is 5.92 Å². The summed E-state index contributed by atoms with van der Waals surface area (Å²) in [7, 11) is 1.82. The number of rotatable bonds is 6. The molecule has 0 radical (unpaired) electrons. The number of benzene rings is 1. The highest BCUT2D eigenvalue weighted by molar-refractivity contribution is 6.30. The molecule has 4 nitrogen and oxygen atoms in total. The largest absolute Gasteiger partial charge is 0.356 e. The molecule has 0 saturated carbocycles. The lowest BCUT2D eigenvalue weighted by Gasteiger charge is -2.16. The first-order valence-corrected chi connectivity index (χ1v) is 8.50. The van der Waals surface area contributed by atoms with Crippen molar-refractivity contribution in [1.82, 2.24) is 15.5 Å². The van der Waals surface area contributed by atoms with E-state index in [2.05, 4.69) is 33.5 Å². The Morgan fingerprint density at radius 3 is 2.95 bits per heavy atom. The van der Waals surface area contributed by atoms with Crippen molar-refractivity contribution in [2.45, 2.75) is 19.8 Å². The van der Waals surface area contributed by atoms with Gasteiger partial charge in [0.1, 0.15) is 0 Å². The quantitative estimate of drug-likeness (QED) is 0.624. The third kappa shape index (κ3) is 5.50. The third-order valence-corrected chi connectivity index (χ3v) is 4.43. The summed E-state index contributed by atoms with van der Waals surface area (Å²) in [5, 5.41) is 7.60. The van der Waals surface area contributed by atoms with Gasteiger partial charge in [-0.15, -0.1) is 0 Å². The zero-order valence-electron chi connectivity index (χ0n) is 13.6. The van der Waals surface area contributed by atoms with E-state index in [0.29, 0.717) is 0 Å². The fraction of sp³-hybridized carbons (Fsp3) is 0.588. The third-order valence-electron chi connectivity index (χ3n) is 4.19. The molecule has 0 amide bonds. The lowest BCUT2D eigenvalue weighted by Crippen LogP contribution is -2.41. The molecule has 1 aliphatic heterocycles. The number of hydrogen-bond donors (Lipinski definition) is 2. The van der Waals surface area contributed by atoms with Crippen molar-refractivity contribution in [3.63, 3.8) is 0 Å². The Morgan fingerprint density at radius 2 is 2.27 bits per heavy atom. The second kappa shape index (κ2) is 9.01. The molecule has 0 aliphatic carbocycles. The molecule has 1 aliphatic rings. The summed E-state index contributed by atoms with van der Waals surface area (Å²) in [5.41, 5.74) is 1.24. The highest BCUT2D eigenvalue weighted by Crippen LogP contribution is 2.14. The van der Waals surface area contributed by atoms with Gasteiger partial charge < -0.3 is 15.5 Å². The van der Waals surface area contributed by atoms with E-state index in [4.69, 9.17) is 11.6 Å². The highest BCUT2D eigenvalue weighted by atomic mass is 35.5. The van der Waals surface area contributed by atoms with Crippen LogP contribution in [0.25, 0.3) is 0 Å². The van der Waals surface area contributed by atoms with Gasteiger partial charge in [0.15, 0.2) is 5.96 Å². The Bertz CT molecular complexity index is 489. The average Bonchev–Trinajstić information content (AvgIpc) is 2.99. The number of halogens is 1. The van der Waals surface area contributed by atoms with Crippen LogP contribution in [0.4, 0.5) is 0 Å². The summed E-state index contributed by atoms with van der Waals surface area (Å²) in [6.45, 7) is 7.65. The lowest BCUT2D eigenvalue weighted by atomic mass is 10.1. The van der Waals surface area contributed by atoms with Crippen LogP contribution in [0.1, 0.15) is 18.9 Å². The zero-order chi connectivity index (χ0) is 15.8. The maximum absolute atomic E-state index is 6.00. The monoisotopic (exact) mass is 322 g/mol. The summed E-state index contributed by atoms with van der Waals surface area (Å²) in [6.07, 6.45) is 2.22. The maximum Gasteiger partial charge on any atom is 0.190 e. The predicted octanol–water partition coefficient (Wildman–Crippen LogP) is 2.39. The van der Waals surface area contributed by atoms with E-state index in [1.54, 1.807) is 0 Å². The predicted molar refractivity (Wildman–Crippen MR) is 94.7 cm³/mol. The van der Waals surface area contributed by atoms with Crippen molar-refractivity contribution in [2.75, 3.05) is 39.8 Å². The molecule has 22 heavy (non-hydrogen) atoms. The first-order valence-electron chi connectivity index (χ1n) is 8.12. The van der Waals surface area contributed by atoms with E-state index in [9.17, 15) is 0 Å². The van der Waals surface area contributed by atoms with Crippen molar-refractivity contribution in [2.24, 2.45) is 10.9 Å². The highest BCUT2D eigenvalue weighted by Gasteiger charge is 2.20. The molecular weight excluding hydrogens is 296 g/mol. The first kappa shape index (κ1) is 17.1. The van der Waals surface area contributed by atoms with E-state index in [1.165, 1.54) is 25.1 Å². The molecule has 1 heterocycles. The standard InChI is InChI=1S/C17H27ClN4/c1-3-22-10-8-15(13-22)12-21-17(19-2)20-9-7-14-5-4-6-16(18)11-14/h4-6,11,15H,3,7-10,12-13H2,1-2H3,(H2,19,20,21). The molecule has 0 spiro atoms. The van der Waals surface area contributed by atoms with Gasteiger partial charge >= 0.3 is 0 Å². The lowest BCUT2D eigenvalue weighted by molar-refractivity contribution is 0.342. The van der Waals surface area contributed by atoms with Crippen molar-refractivity contribution in [3.8, 4) is 0 Å². The Balaban J connectivity index is 1.67. The summed E-state index contributed by atoms with van der Waals surface area (Å²) in [6, 6.07) is 8.00. The number of aliphatic imine (C=N–C) groups is 1. The van der Waals surface area contributed by atoms with Gasteiger partial charge in [-0.1, -0.05) is 30.7 Å². The molecule has 0 bridgehead atoms. The van der Waals surface area contributed by atoms with Gasteiger partial charge in [-0.05, 0) is 49.5 Å². The number of nitrogens with one attached hydrogen (secondary N) is 2. The molecular formula is C17H27ClN4. The van der Waals surface area contributed by atoms with Crippen LogP contribution in [-0.2, 0) is 6.42 Å². The number of likely N-dealkylation sites (tertiary alicyclic amines) is 1. The van der Waals surface area contributed by atoms with E-state index in [0.717, 1.165) is 43.0 Å². The fourth-order valence-corrected chi connectivity index (χ4v) is 3.06. The topological polar surface area (TPSA) is 39.7 Å². The molecule has 1 aromatic rings. The smallest absolute Gasteiger partial charge is 0.190 e. The number of hydrogen-bond acceptors (Lipinski definition) is 2. The van der Waals surface area contributed by atoms with Crippen LogP contribution in [-0.4, -0.2) is 50.6 Å². The van der Waals surface area contributed by atoms with Gasteiger partial charge in [-0.3, -0.25) is 4.99 Å². The summed E-state index contributed by atoms with van der Waals surface area (Å²) >= 11 is 6.00. The number of nitrogens with zero attached hydrogens (tertiary/aromatic N) is 2. The van der Waals surface area contributed by atoms with E-state index in [1.807, 2.05) is 25.2 Å². The van der Waals surface area contributed by atoms with Gasteiger partial charge in [-0.25, -0.2) is 0 Å². The van der Waals surface area contributed by atoms with Crippen LogP contribution in [0.3, 0.4) is 0 Å². The summed E-state index contributed by atoms with van der Waals surface area (Å²) in [5.74, 6) is 1.61. The van der Waals surface area contributed by atoms with Gasteiger partial charge in [0.2, 0.25) is 0 Å². The van der Waals surface area contributed by atoms with Crippen molar-refractivity contribution < 1.29 is 0 Å². The fourth-order valence-electron chi connectivity index (χ4n) is 2.85. The van der Waals surface area contributed by atoms with Crippen molar-refractivity contribution in [3.05, 3.63) is 34.9 Å². The molecule has 1 atom stereocenters. The van der Waals surface area contributed by atoms with Crippen molar-refractivity contribution >= 4 is 17.6 Å². The van der Waals surface area contributed by atoms with E-state index in [-0.39, 0.29) is 0 Å². The second-order valence-corrected chi connectivity index (χ2v) is 6.24. The molecule has 1 aromatic carbocycles. The van der Waals surface area contributed by atoms with Crippen LogP contribution >= 0.6 is 11.6 Å². The molecule has 2 rings (SSSR count). The zero-order valence-corrected chi connectivity index (χ0v) is 14.4. The minimum absolute atomic E-state index is 0.728. The van der Waals surface area contributed by atoms with E-state index < -0.39 is 0 Å². The summed E-state index contributed by atoms with van der Waals surface area (Å²) < 4.78 is 0. The first-order chi connectivity index (χ1) is 10.7. The molecule has 1 fully saturated rings. The Kier molecular flexibility index (Phi) is 7.00. The molecule has 1 saturated heterocycles. The minimum atomic E-state index is 0.728. The van der Waals surface area contributed by atoms with Gasteiger partial charge in [0, 0.05) is 31.7 Å². The van der Waals surface area contributed by atoms with Gasteiger partial charge in [-0.2, -0.15) is 0 Å². The molecule has 2 N–H and O–H groups in total. The van der Waals surface area contributed by atoms with Crippen LogP contribution in [0.5, 0.6) is 0 Å². The Morgan fingerprint density at radius 1 is 1.41 bits per heavy atom.